The van der Waals surface area contributed by atoms with Crippen LogP contribution in [0, 0.1) is 0 Å². The third-order valence-electron chi connectivity index (χ3n) is 33.7. The molecule has 12 aliphatic heterocycles. The number of likely N-dealkylation sites (tertiary alicyclic amines) is 8. The number of hydrogen-bond donors (Lipinski definition) is 6. The fourth-order valence-electron chi connectivity index (χ4n) is 24.2. The molecule has 8 fully saturated rings. The Morgan fingerprint density at radius 1 is 0.292 bits per heavy atom. The van der Waals surface area contributed by atoms with E-state index in [1.54, 1.807) is 21.1 Å². The Kier molecular flexibility index (Phi) is 29.0. The molecule has 12 heterocycles. The molecule has 32 nitrogen and oxygen atoms in total. The highest BCUT2D eigenvalue weighted by atomic mass is 16.8. The van der Waals surface area contributed by atoms with E-state index < -0.39 is 0 Å². The highest BCUT2D eigenvalue weighted by Crippen LogP contribution is 2.48. The van der Waals surface area contributed by atoms with Gasteiger partial charge in [-0.05, 0) is 329 Å². The Morgan fingerprint density at radius 2 is 0.538 bits per heavy atom. The maximum absolute atomic E-state index is 7.38. The summed E-state index contributed by atoms with van der Waals surface area (Å²) in [7, 11) is 17.8. The topological polar surface area (TPSA) is 241 Å². The molecule has 0 aromatic heterocycles. The van der Waals surface area contributed by atoms with Crippen LogP contribution >= 0.6 is 0 Å². The molecule has 6 N–H and O–H groups in total. The van der Waals surface area contributed by atoms with Crippen molar-refractivity contribution in [2.45, 2.75) is 462 Å². The van der Waals surface area contributed by atoms with E-state index in [0.29, 0.717) is 74.5 Å². The second kappa shape index (κ2) is 36.6. The largest absolute Gasteiger partial charge is 0.475 e. The fourth-order valence-corrected chi connectivity index (χ4v) is 24.2. The summed E-state index contributed by atoms with van der Waals surface area (Å²) in [6, 6.07) is 0. The summed E-state index contributed by atoms with van der Waals surface area (Å²) in [4.78, 5) is 58.9. The summed E-state index contributed by atoms with van der Waals surface area (Å²) < 4.78 is 29.1. The average molecular weight is 1820 g/mol. The van der Waals surface area contributed by atoms with E-state index in [1.165, 1.54) is 0 Å². The molecule has 8 saturated heterocycles. The molecule has 0 spiro atoms. The molecular formula is C98H182N24O8. The maximum Gasteiger partial charge on any atom is 0.239 e. The Bertz CT molecular complexity index is 4080. The number of nitrogens with zero attached hydrogens (tertiary/aromatic N) is 18. The molecular weight excluding hydrogens is 1640 g/mol. The minimum atomic E-state index is -0.214. The van der Waals surface area contributed by atoms with Gasteiger partial charge in [-0.25, -0.2) is 36.2 Å². The number of nitrogens with one attached hydrogen (secondary N) is 6. The van der Waals surface area contributed by atoms with Gasteiger partial charge in [0.05, 0.1) is 31.0 Å². The first-order valence-electron chi connectivity index (χ1n) is 49.1. The van der Waals surface area contributed by atoms with Crippen LogP contribution in [0.4, 0.5) is 0 Å². The summed E-state index contributed by atoms with van der Waals surface area (Å²) in [5.41, 5.74) is 15.7. The molecule has 0 saturated carbocycles. The fraction of sp³-hybridized carbons (Fsp3) is 0.878. The molecule has 0 amide bonds. The van der Waals surface area contributed by atoms with E-state index in [9.17, 15) is 0 Å². The molecule has 12 aliphatic rings. The van der Waals surface area contributed by atoms with Crippen LogP contribution in [0.15, 0.2) is 67.9 Å². The number of rotatable bonds is 25. The Morgan fingerprint density at radius 3 is 0.831 bits per heavy atom. The van der Waals surface area contributed by atoms with Crippen molar-refractivity contribution in [3.63, 3.8) is 0 Å². The van der Waals surface area contributed by atoms with Crippen molar-refractivity contribution in [2.75, 3.05) is 95.6 Å². The SMILES string of the molecule is CN1C(C)(C)CC(OC2=CC(=NCCN(CCN(CCNC3=CC(OC4CC(C)(C)N(C)C(C)(C)C4)=NN(OC4CC(C)(C)N(C)C(C)(C)C4)N3)C3=CC(OC4CC(C)(C)N(C)C(C)(C)C4)=NN(OC4CC(C)(C)N(C)C(C)(C)C4)N3)C3=CC(OC4CC(C)(C)N(C)C(C)(C)C4)=NN(OC4CC(C)(C)N(C)C(C)(C)C4)N3)NN(OC3CC(C)(C)N(C)C(C)(C)C3)N2)CC1(C)C. The zero-order chi connectivity index (χ0) is 96.4. The van der Waals surface area contributed by atoms with Gasteiger partial charge in [0.15, 0.2) is 0 Å². The average Bonchev–Trinajstić information content (AvgIpc) is 0.796. The van der Waals surface area contributed by atoms with Crippen LogP contribution in [0.2, 0.25) is 0 Å². The van der Waals surface area contributed by atoms with Gasteiger partial charge >= 0.3 is 0 Å². The highest BCUT2D eigenvalue weighted by molar-refractivity contribution is 5.93. The first kappa shape index (κ1) is 103. The van der Waals surface area contributed by atoms with Crippen molar-refractivity contribution in [2.24, 2.45) is 20.3 Å². The number of amidine groups is 1. The summed E-state index contributed by atoms with van der Waals surface area (Å²) in [5.74, 6) is 4.65. The lowest BCUT2D eigenvalue weighted by molar-refractivity contribution is -0.275. The van der Waals surface area contributed by atoms with E-state index in [4.69, 9.17) is 58.6 Å². The molecule has 0 unspecified atom stereocenters. The van der Waals surface area contributed by atoms with E-state index in [-0.39, 0.29) is 137 Å². The minimum absolute atomic E-state index is 0.102. The van der Waals surface area contributed by atoms with Crippen LogP contribution in [0.1, 0.15) is 324 Å². The predicted molar refractivity (Wildman–Crippen MR) is 521 cm³/mol. The second-order valence-corrected chi connectivity index (χ2v) is 50.9. The van der Waals surface area contributed by atoms with Crippen molar-refractivity contribution in [3.8, 4) is 0 Å². The van der Waals surface area contributed by atoms with Crippen molar-refractivity contribution in [1.82, 2.24) is 103 Å². The highest BCUT2D eigenvalue weighted by Gasteiger charge is 2.54. The normalized spacial score (nSPS) is 29.2. The molecule has 0 aromatic carbocycles. The van der Waals surface area contributed by atoms with Gasteiger partial charge in [-0.1, -0.05) is 31.1 Å². The smallest absolute Gasteiger partial charge is 0.239 e. The second-order valence-electron chi connectivity index (χ2n) is 50.9. The lowest BCUT2D eigenvalue weighted by Gasteiger charge is -2.54. The maximum atomic E-state index is 7.38. The predicted octanol–water partition coefficient (Wildman–Crippen LogP) is 13.7. The molecule has 0 bridgehead atoms. The van der Waals surface area contributed by atoms with Crippen molar-refractivity contribution in [1.29, 1.82) is 0 Å². The molecule has 32 heteroatoms. The number of hydrazine groups is 5. The van der Waals surface area contributed by atoms with Crippen molar-refractivity contribution in [3.05, 3.63) is 47.7 Å². The molecule has 12 rings (SSSR count). The van der Waals surface area contributed by atoms with Crippen LogP contribution in [0.3, 0.4) is 0 Å². The van der Waals surface area contributed by atoms with Crippen LogP contribution in [-0.2, 0) is 38.3 Å². The van der Waals surface area contributed by atoms with E-state index in [0.717, 1.165) is 114 Å². The molecule has 0 aromatic rings. The van der Waals surface area contributed by atoms with Gasteiger partial charge in [0.1, 0.15) is 47.7 Å². The number of hydrazone groups is 3. The van der Waals surface area contributed by atoms with E-state index in [1.807, 2.05) is 12.2 Å². The summed E-state index contributed by atoms with van der Waals surface area (Å²) in [6.45, 7) is 76.3. The van der Waals surface area contributed by atoms with Gasteiger partial charge in [0.2, 0.25) is 23.6 Å². The first-order chi connectivity index (χ1) is 59.4. The molecule has 0 atom stereocenters. The van der Waals surface area contributed by atoms with Crippen LogP contribution in [-0.4, -0.2) is 327 Å². The Balaban J connectivity index is 0.957. The quantitative estimate of drug-likeness (QED) is 0.0498. The van der Waals surface area contributed by atoms with Gasteiger partial charge in [-0.2, -0.15) is 0 Å². The molecule has 0 aliphatic carbocycles. The minimum Gasteiger partial charge on any atom is -0.475 e. The Hall–Kier alpha value is -5.88. The van der Waals surface area contributed by atoms with Gasteiger partial charge in [-0.15, -0.1) is 0 Å². The van der Waals surface area contributed by atoms with Crippen LogP contribution in [0.5, 0.6) is 0 Å². The third kappa shape index (κ3) is 23.7. The van der Waals surface area contributed by atoms with Crippen LogP contribution in [0.25, 0.3) is 0 Å². The third-order valence-corrected chi connectivity index (χ3v) is 33.7. The monoisotopic (exact) mass is 1820 g/mol. The van der Waals surface area contributed by atoms with E-state index >= 15 is 0 Å². The molecule has 130 heavy (non-hydrogen) atoms. The molecule has 742 valence electrons. The summed E-state index contributed by atoms with van der Waals surface area (Å²) in [5, 5.41) is 26.0. The number of piperidine rings is 8. The lowest BCUT2D eigenvalue weighted by Crippen LogP contribution is -2.63. The zero-order valence-electron chi connectivity index (χ0n) is 88.8. The summed E-state index contributed by atoms with van der Waals surface area (Å²) in [6.07, 6.45) is 19.5. The standard InChI is InChI=1S/C98H182N24O8/c1-83(2)51-67(52-84(3,4)109(83)33)123-79-47-75(101-119(105-79)127-71-59-91(17,18)113(37)92(19,20)60-71)99-41-43-117(77-49-81(125-69-55-87(9,10)111(35)88(11,12)56-69)107-121(103-77)129-73-63-95(25,26)115(39)96(27,28)64-73)45-46-118(78-50-82(126-70-57-89(13,14)112(36)90(15,16)58-70)108-122(104-78)130-74-65-97(29,30)116(40)98(31,32)66-74)44-42-100-76-48-80(124-68-53-85(5,6)110(34)86(7,8)54-68)106-120(102-76)128-72-61-93(21,22)114(38)94(23,24)62-72/h47-50,67-74,99,101,103-104,106H,41-46,51-66H2,1-40H3,(H,100,102). The van der Waals surface area contributed by atoms with Crippen LogP contribution < -0.4 is 32.4 Å². The van der Waals surface area contributed by atoms with Gasteiger partial charge in [0.25, 0.3) is 0 Å². The van der Waals surface area contributed by atoms with Crippen molar-refractivity contribution >= 4 is 23.5 Å². The van der Waals surface area contributed by atoms with Gasteiger partial charge < -0.3 is 34.1 Å². The van der Waals surface area contributed by atoms with Crippen molar-refractivity contribution < 1.29 is 38.3 Å². The van der Waals surface area contributed by atoms with Gasteiger partial charge in [-0.3, -0.25) is 54.5 Å². The van der Waals surface area contributed by atoms with E-state index in [2.05, 4.69) is 372 Å². The summed E-state index contributed by atoms with van der Waals surface area (Å²) >= 11 is 0. The number of aliphatic imine (C=N–C) groups is 1. The molecule has 0 radical (unpaired) electrons. The number of hydrogen-bond acceptors (Lipinski definition) is 31. The number of ether oxygens (including phenoxy) is 4. The lowest BCUT2D eigenvalue weighted by atomic mass is 9.79. The first-order valence-corrected chi connectivity index (χ1v) is 49.1. The Labute approximate surface area is 785 Å². The van der Waals surface area contributed by atoms with Gasteiger partial charge in [0, 0.05) is 202 Å². The zero-order valence-corrected chi connectivity index (χ0v) is 88.8.